The number of allylic oxidation sites excluding steroid dienone is 4. The first-order valence-corrected chi connectivity index (χ1v) is 12.3. The highest BCUT2D eigenvalue weighted by atomic mass is 79.9. The van der Waals surface area contributed by atoms with Crippen LogP contribution in [-0.2, 0) is 21.4 Å². The zero-order valence-corrected chi connectivity index (χ0v) is 19.0. The predicted molar refractivity (Wildman–Crippen MR) is 115 cm³/mol. The van der Waals surface area contributed by atoms with Crippen molar-refractivity contribution in [2.45, 2.75) is 36.7 Å². The van der Waals surface area contributed by atoms with Crippen molar-refractivity contribution in [1.82, 2.24) is 4.31 Å². The third-order valence-electron chi connectivity index (χ3n) is 5.32. The summed E-state index contributed by atoms with van der Waals surface area (Å²) in [4.78, 5) is 14.3. The highest BCUT2D eigenvalue weighted by molar-refractivity contribution is 9.10. The molecule has 0 saturated carbocycles. The maximum atomic E-state index is 13.0. The summed E-state index contributed by atoms with van der Waals surface area (Å²) < 4.78 is 33.8. The molecule has 28 heavy (non-hydrogen) atoms. The van der Waals surface area contributed by atoms with Gasteiger partial charge in [-0.25, -0.2) is 13.2 Å². The molecule has 2 aliphatic heterocycles. The first-order chi connectivity index (χ1) is 13.4. The minimum Gasteiger partial charge on any atom is -0.444 e. The number of carbonyl (C=O) groups excluding carboxylic acids is 1. The van der Waals surface area contributed by atoms with Crippen molar-refractivity contribution in [3.05, 3.63) is 51.4 Å². The summed E-state index contributed by atoms with van der Waals surface area (Å²) in [7, 11) is -3.51. The Morgan fingerprint density at radius 3 is 2.64 bits per heavy atom. The molecule has 150 valence electrons. The van der Waals surface area contributed by atoms with Crippen LogP contribution in [0.1, 0.15) is 24.8 Å². The van der Waals surface area contributed by atoms with Crippen LogP contribution in [0.5, 0.6) is 0 Å². The summed E-state index contributed by atoms with van der Waals surface area (Å²) >= 11 is 6.91. The molecule has 0 aromatic heterocycles. The van der Waals surface area contributed by atoms with Crippen LogP contribution in [0.25, 0.3) is 0 Å². The first kappa shape index (κ1) is 20.1. The summed E-state index contributed by atoms with van der Waals surface area (Å²) in [6.07, 6.45) is 6.84. The average Bonchev–Trinajstić information content (AvgIpc) is 2.68. The zero-order chi connectivity index (χ0) is 19.9. The van der Waals surface area contributed by atoms with Crippen molar-refractivity contribution in [2.75, 3.05) is 18.0 Å². The summed E-state index contributed by atoms with van der Waals surface area (Å²) in [5.41, 5.74) is 1.80. The highest BCUT2D eigenvalue weighted by Crippen LogP contribution is 2.35. The minimum atomic E-state index is -3.51. The van der Waals surface area contributed by atoms with Crippen molar-refractivity contribution < 1.29 is 17.9 Å². The third kappa shape index (κ3) is 3.69. The second-order valence-corrected chi connectivity index (χ2v) is 11.0. The molecule has 1 aliphatic carbocycles. The lowest BCUT2D eigenvalue weighted by Crippen LogP contribution is -2.50. The lowest BCUT2D eigenvalue weighted by molar-refractivity contribution is 0.136. The molecule has 0 bridgehead atoms. The maximum absolute atomic E-state index is 13.0. The van der Waals surface area contributed by atoms with Gasteiger partial charge in [0.15, 0.2) is 0 Å². The van der Waals surface area contributed by atoms with Crippen molar-refractivity contribution in [3.63, 3.8) is 0 Å². The number of rotatable bonds is 3. The molecule has 1 amide bonds. The number of carbonyl (C=O) groups is 1. The number of fused-ring (bicyclic) bond motifs is 1. The molecule has 1 aromatic carbocycles. The van der Waals surface area contributed by atoms with Gasteiger partial charge in [0.05, 0.1) is 15.4 Å². The van der Waals surface area contributed by atoms with E-state index in [2.05, 4.69) is 31.9 Å². The fourth-order valence-electron chi connectivity index (χ4n) is 3.88. The summed E-state index contributed by atoms with van der Waals surface area (Å²) in [5.74, 6) is 0. The van der Waals surface area contributed by atoms with E-state index in [-0.39, 0.29) is 23.6 Å². The van der Waals surface area contributed by atoms with E-state index in [4.69, 9.17) is 4.74 Å². The van der Waals surface area contributed by atoms with Crippen LogP contribution in [0, 0.1) is 0 Å². The SMILES string of the molecule is O=C1OCc2cc(Br)ccc2N1C1CCN(S(=O)(=O)C2=CC=CCC2Br)CC1. The van der Waals surface area contributed by atoms with E-state index in [9.17, 15) is 13.2 Å². The van der Waals surface area contributed by atoms with Gasteiger partial charge in [0.2, 0.25) is 10.0 Å². The second-order valence-electron chi connectivity index (χ2n) is 7.03. The first-order valence-electron chi connectivity index (χ1n) is 9.13. The number of anilines is 1. The fourth-order valence-corrected chi connectivity index (χ4v) is 7.02. The molecular formula is C19H20Br2N2O4S. The molecule has 0 spiro atoms. The molecule has 3 aliphatic rings. The van der Waals surface area contributed by atoms with Crippen LogP contribution in [-0.4, -0.2) is 42.8 Å². The van der Waals surface area contributed by atoms with Gasteiger partial charge in [0.25, 0.3) is 0 Å². The molecule has 1 unspecified atom stereocenters. The van der Waals surface area contributed by atoms with Gasteiger partial charge in [-0.15, -0.1) is 0 Å². The van der Waals surface area contributed by atoms with Crippen molar-refractivity contribution in [2.24, 2.45) is 0 Å². The van der Waals surface area contributed by atoms with Crippen LogP contribution in [0.15, 0.2) is 45.8 Å². The third-order valence-corrected chi connectivity index (χ3v) is 9.05. The van der Waals surface area contributed by atoms with E-state index in [0.717, 1.165) is 15.7 Å². The lowest BCUT2D eigenvalue weighted by atomic mass is 10.0. The van der Waals surface area contributed by atoms with Crippen molar-refractivity contribution >= 4 is 53.7 Å². The van der Waals surface area contributed by atoms with Crippen LogP contribution < -0.4 is 4.90 Å². The fraction of sp³-hybridized carbons (Fsp3) is 0.421. The molecule has 1 aromatic rings. The number of piperidine rings is 1. The van der Waals surface area contributed by atoms with E-state index < -0.39 is 10.0 Å². The average molecular weight is 532 g/mol. The summed E-state index contributed by atoms with van der Waals surface area (Å²) in [5, 5.41) is 0. The van der Waals surface area contributed by atoms with Gasteiger partial charge >= 0.3 is 6.09 Å². The Bertz CT molecular complexity index is 953. The normalized spacial score (nSPS) is 23.9. The molecule has 1 atom stereocenters. The smallest absolute Gasteiger partial charge is 0.414 e. The highest BCUT2D eigenvalue weighted by Gasteiger charge is 2.38. The van der Waals surface area contributed by atoms with Gasteiger partial charge in [-0.2, -0.15) is 4.31 Å². The number of hydrogen-bond acceptors (Lipinski definition) is 4. The Kier molecular flexibility index (Phi) is 5.70. The number of nitrogens with zero attached hydrogens (tertiary/aromatic N) is 2. The van der Waals surface area contributed by atoms with Crippen LogP contribution in [0.2, 0.25) is 0 Å². The van der Waals surface area contributed by atoms with Gasteiger partial charge < -0.3 is 4.74 Å². The largest absolute Gasteiger partial charge is 0.444 e. The van der Waals surface area contributed by atoms with E-state index in [0.29, 0.717) is 37.3 Å². The molecule has 0 N–H and O–H groups in total. The van der Waals surface area contributed by atoms with E-state index in [1.54, 1.807) is 17.1 Å². The molecule has 1 saturated heterocycles. The number of amides is 1. The van der Waals surface area contributed by atoms with E-state index >= 15 is 0 Å². The number of halogens is 2. The van der Waals surface area contributed by atoms with Crippen molar-refractivity contribution in [1.29, 1.82) is 0 Å². The topological polar surface area (TPSA) is 66.9 Å². The number of alkyl halides is 1. The monoisotopic (exact) mass is 530 g/mol. The number of ether oxygens (including phenoxy) is 1. The Hall–Kier alpha value is -1.16. The zero-order valence-electron chi connectivity index (χ0n) is 15.1. The van der Waals surface area contributed by atoms with Crippen molar-refractivity contribution in [3.8, 4) is 0 Å². The molecule has 9 heteroatoms. The molecule has 2 heterocycles. The summed E-state index contributed by atoms with van der Waals surface area (Å²) in [6.45, 7) is 1.01. The Labute approximate surface area is 181 Å². The van der Waals surface area contributed by atoms with Gasteiger partial charge in [-0.1, -0.05) is 44.0 Å². The standard InChI is InChI=1S/C19H20Br2N2O4S/c20-14-5-6-17-13(11-14)12-27-19(24)23(17)15-7-9-22(10-8-15)28(25,26)18-4-2-1-3-16(18)21/h1-2,4-6,11,15-16H,3,7-10,12H2. The second kappa shape index (κ2) is 7.93. The minimum absolute atomic E-state index is 0.0841. The Balaban J connectivity index is 1.51. The van der Waals surface area contributed by atoms with E-state index in [1.165, 1.54) is 4.31 Å². The van der Waals surface area contributed by atoms with E-state index in [1.807, 2.05) is 24.3 Å². The maximum Gasteiger partial charge on any atom is 0.414 e. The number of cyclic esters (lactones) is 1. The van der Waals surface area contributed by atoms with Crippen LogP contribution >= 0.6 is 31.9 Å². The van der Waals surface area contributed by atoms with Crippen LogP contribution in [0.4, 0.5) is 10.5 Å². The molecule has 6 nitrogen and oxygen atoms in total. The number of sulfonamides is 1. The van der Waals surface area contributed by atoms with Gasteiger partial charge in [0, 0.05) is 29.2 Å². The molecule has 0 radical (unpaired) electrons. The molecule has 4 rings (SSSR count). The Morgan fingerprint density at radius 1 is 1.18 bits per heavy atom. The number of hydrogen-bond donors (Lipinski definition) is 0. The molecule has 1 fully saturated rings. The number of benzene rings is 1. The quantitative estimate of drug-likeness (QED) is 0.545. The lowest BCUT2D eigenvalue weighted by Gasteiger charge is -2.40. The van der Waals surface area contributed by atoms with Crippen LogP contribution in [0.3, 0.4) is 0 Å². The van der Waals surface area contributed by atoms with Gasteiger partial charge in [-0.05, 0) is 43.5 Å². The van der Waals surface area contributed by atoms with Gasteiger partial charge in [-0.3, -0.25) is 4.90 Å². The predicted octanol–water partition coefficient (Wildman–Crippen LogP) is 4.31. The Morgan fingerprint density at radius 2 is 1.93 bits per heavy atom. The summed E-state index contributed by atoms with van der Waals surface area (Å²) in [6, 6.07) is 5.69. The van der Waals surface area contributed by atoms with Gasteiger partial charge in [0.1, 0.15) is 6.61 Å². The molecular weight excluding hydrogens is 512 g/mol.